The molecule has 1 aromatic heterocycles. The Hall–Kier alpha value is -3.63. The van der Waals surface area contributed by atoms with Gasteiger partial charge >= 0.3 is 6.18 Å². The lowest BCUT2D eigenvalue weighted by molar-refractivity contribution is -0.137. The zero-order valence-electron chi connectivity index (χ0n) is 17.4. The van der Waals surface area contributed by atoms with Gasteiger partial charge in [-0.15, -0.1) is 0 Å². The van der Waals surface area contributed by atoms with Gasteiger partial charge in [0.05, 0.1) is 23.1 Å². The molecule has 1 aliphatic rings. The Morgan fingerprint density at radius 2 is 1.94 bits per heavy atom. The van der Waals surface area contributed by atoms with E-state index in [9.17, 15) is 26.3 Å². The molecule has 0 spiro atoms. The molecule has 174 valence electrons. The van der Waals surface area contributed by atoms with Crippen molar-refractivity contribution in [3.63, 3.8) is 0 Å². The van der Waals surface area contributed by atoms with Crippen LogP contribution in [0.4, 0.5) is 32.0 Å². The number of rotatable bonds is 5. The summed E-state index contributed by atoms with van der Waals surface area (Å²) >= 11 is 0. The van der Waals surface area contributed by atoms with Crippen molar-refractivity contribution in [3.05, 3.63) is 71.1 Å². The fraction of sp³-hybridized carbons (Fsp3) is 0.227. The quantitative estimate of drug-likeness (QED) is 0.461. The Morgan fingerprint density at radius 1 is 1.24 bits per heavy atom. The predicted molar refractivity (Wildman–Crippen MR) is 113 cm³/mol. The van der Waals surface area contributed by atoms with Crippen LogP contribution in [0, 0.1) is 11.2 Å². The molecule has 0 radical (unpaired) electrons. The van der Waals surface area contributed by atoms with E-state index in [4.69, 9.17) is 5.41 Å². The molecule has 3 aromatic rings. The van der Waals surface area contributed by atoms with E-state index in [1.165, 1.54) is 10.6 Å². The van der Waals surface area contributed by atoms with Crippen LogP contribution < -0.4 is 16.3 Å². The lowest BCUT2D eigenvalue weighted by Gasteiger charge is -2.16. The summed E-state index contributed by atoms with van der Waals surface area (Å²) in [5.74, 6) is -1.07. The van der Waals surface area contributed by atoms with Crippen LogP contribution in [0.25, 0.3) is 22.4 Å². The second kappa shape index (κ2) is 7.75. The number of imidazole rings is 1. The summed E-state index contributed by atoms with van der Waals surface area (Å²) in [7, 11) is 1.58. The first kappa shape index (κ1) is 22.6. The van der Waals surface area contributed by atoms with Crippen molar-refractivity contribution in [2.75, 3.05) is 5.32 Å². The van der Waals surface area contributed by atoms with Crippen LogP contribution in [-0.2, 0) is 26.3 Å². The average molecular weight is 467 g/mol. The molecule has 3 N–H and O–H groups in total. The van der Waals surface area contributed by atoms with Crippen LogP contribution in [0.1, 0.15) is 22.3 Å². The first-order valence-corrected chi connectivity index (χ1v) is 9.73. The first-order valence-electron chi connectivity index (χ1n) is 9.73. The van der Waals surface area contributed by atoms with E-state index >= 15 is 0 Å². The second-order valence-electron chi connectivity index (χ2n) is 7.69. The lowest BCUT2D eigenvalue weighted by Crippen LogP contribution is -2.25. The number of halogens is 6. The number of nitrogens with one attached hydrogen (secondary N) is 3. The number of anilines is 1. The van der Waals surface area contributed by atoms with Crippen LogP contribution in [0.3, 0.4) is 0 Å². The smallest absolute Gasteiger partial charge is 0.381 e. The van der Waals surface area contributed by atoms with Gasteiger partial charge in [-0.25, -0.2) is 13.2 Å². The normalized spacial score (nSPS) is 13.5. The highest BCUT2D eigenvalue weighted by Crippen LogP contribution is 2.38. The molecule has 0 unspecified atom stereocenters. The summed E-state index contributed by atoms with van der Waals surface area (Å²) in [4.78, 5) is 0. The second-order valence-corrected chi connectivity index (χ2v) is 7.69. The van der Waals surface area contributed by atoms with Crippen LogP contribution in [0.15, 0.2) is 37.4 Å². The highest BCUT2D eigenvalue weighted by Gasteiger charge is 2.32. The molecule has 0 aliphatic carbocycles. The molecule has 0 saturated carbocycles. The number of hydrogen-bond acceptors (Lipinski definition) is 3. The fourth-order valence-electron chi connectivity index (χ4n) is 4.03. The minimum atomic E-state index is -4.74. The topological polar surface area (TPSA) is 57.8 Å². The monoisotopic (exact) mass is 467 g/mol. The molecule has 1 aliphatic heterocycles. The summed E-state index contributed by atoms with van der Waals surface area (Å²) in [6.07, 6.45) is -7.45. The molecule has 2 aromatic carbocycles. The van der Waals surface area contributed by atoms with Gasteiger partial charge in [-0.05, 0) is 24.3 Å². The number of fused-ring (bicyclic) bond motifs is 3. The molecule has 5 nitrogen and oxygen atoms in total. The number of aryl methyl sites for hydroxylation is 1. The summed E-state index contributed by atoms with van der Waals surface area (Å²) in [6, 6.07) is 3.61. The number of nitrogens with zero attached hydrogens (tertiary/aromatic N) is 2. The van der Waals surface area contributed by atoms with Gasteiger partial charge in [0.25, 0.3) is 6.43 Å². The molecule has 0 fully saturated rings. The van der Waals surface area contributed by atoms with E-state index in [-0.39, 0.29) is 16.9 Å². The highest BCUT2D eigenvalue weighted by molar-refractivity contribution is 5.97. The Labute approximate surface area is 184 Å². The first-order chi connectivity index (χ1) is 15.4. The molecule has 33 heavy (non-hydrogen) atoms. The maximum Gasteiger partial charge on any atom is 0.416 e. The van der Waals surface area contributed by atoms with Crippen molar-refractivity contribution in [2.45, 2.75) is 25.7 Å². The molecule has 4 rings (SSSR count). The average Bonchev–Trinajstić information content (AvgIpc) is 3.20. The Morgan fingerprint density at radius 3 is 2.58 bits per heavy atom. The van der Waals surface area contributed by atoms with Gasteiger partial charge in [0.15, 0.2) is 0 Å². The van der Waals surface area contributed by atoms with Crippen LogP contribution in [0.5, 0.6) is 0 Å². The van der Waals surface area contributed by atoms with Gasteiger partial charge in [-0.3, -0.25) is 5.41 Å². The van der Waals surface area contributed by atoms with E-state index < -0.39 is 30.5 Å². The third-order valence-electron chi connectivity index (χ3n) is 5.55. The number of aromatic nitrogens is 2. The van der Waals surface area contributed by atoms with Crippen molar-refractivity contribution in [3.8, 4) is 0 Å². The van der Waals surface area contributed by atoms with Gasteiger partial charge in [-0.1, -0.05) is 13.2 Å². The number of hydrogen-bond donors (Lipinski definition) is 3. The van der Waals surface area contributed by atoms with E-state index in [0.717, 1.165) is 16.7 Å². The maximum absolute atomic E-state index is 13.9. The Bertz CT molecular complexity index is 1360. The molecular weight excluding hydrogens is 448 g/mol. The van der Waals surface area contributed by atoms with Crippen LogP contribution >= 0.6 is 0 Å². The predicted octanol–water partition coefficient (Wildman–Crippen LogP) is 5.04. The lowest BCUT2D eigenvalue weighted by atomic mass is 10.0. The fourth-order valence-corrected chi connectivity index (χ4v) is 4.03. The van der Waals surface area contributed by atoms with Crippen molar-refractivity contribution >= 4 is 28.1 Å². The minimum absolute atomic E-state index is 0.0125. The Balaban J connectivity index is 1.86. The van der Waals surface area contributed by atoms with Gasteiger partial charge in [-0.2, -0.15) is 13.2 Å². The molecule has 0 bridgehead atoms. The van der Waals surface area contributed by atoms with Crippen LogP contribution in [-0.4, -0.2) is 15.6 Å². The standard InChI is InChI=1S/C22H19F6N5/c1-10(12-4-13(22(26,27)28)6-14(23)5-12)31-16-7-17-20(19-11(2)30-8-15(16)19)32(3)21(29)33(17)9-18(24)25/h4-7,18,29-31H,1-2,8-9H2,3H3. The summed E-state index contributed by atoms with van der Waals surface area (Å²) in [5.41, 5.74) is 1.56. The number of alkyl halides is 5. The van der Waals surface area contributed by atoms with E-state index in [0.29, 0.717) is 46.2 Å². The number of benzene rings is 2. The van der Waals surface area contributed by atoms with Crippen molar-refractivity contribution in [2.24, 2.45) is 7.05 Å². The Kier molecular flexibility index (Phi) is 5.30. The SMILES string of the molecule is C=C(Nc1cc2c(c3c1CNC3=C)n(C)c(=N)n2CC(F)F)c1cc(F)cc(C(F)(F)F)c1. The van der Waals surface area contributed by atoms with Crippen molar-refractivity contribution in [1.29, 1.82) is 5.41 Å². The van der Waals surface area contributed by atoms with Crippen molar-refractivity contribution < 1.29 is 26.3 Å². The molecule has 0 saturated heterocycles. The molecule has 2 heterocycles. The summed E-state index contributed by atoms with van der Waals surface area (Å²) < 4.78 is 82.2. The minimum Gasteiger partial charge on any atom is -0.381 e. The van der Waals surface area contributed by atoms with E-state index in [2.05, 4.69) is 23.8 Å². The molecule has 11 heteroatoms. The highest BCUT2D eigenvalue weighted by atomic mass is 19.4. The third kappa shape index (κ3) is 3.87. The van der Waals surface area contributed by atoms with Crippen LogP contribution in [0.2, 0.25) is 0 Å². The van der Waals surface area contributed by atoms with Gasteiger partial charge in [0.1, 0.15) is 5.82 Å². The summed E-state index contributed by atoms with van der Waals surface area (Å²) in [6.45, 7) is 7.29. The van der Waals surface area contributed by atoms with E-state index in [1.54, 1.807) is 7.05 Å². The van der Waals surface area contributed by atoms with Gasteiger partial charge in [0, 0.05) is 47.4 Å². The molecule has 0 atom stereocenters. The zero-order chi connectivity index (χ0) is 24.2. The zero-order valence-corrected chi connectivity index (χ0v) is 17.4. The molecular formula is C22H19F6N5. The maximum atomic E-state index is 13.9. The van der Waals surface area contributed by atoms with Crippen molar-refractivity contribution in [1.82, 2.24) is 14.5 Å². The summed E-state index contributed by atoms with van der Waals surface area (Å²) in [5, 5.41) is 14.2. The largest absolute Gasteiger partial charge is 0.416 e. The van der Waals surface area contributed by atoms with Gasteiger partial charge in [0.2, 0.25) is 5.62 Å². The third-order valence-corrected chi connectivity index (χ3v) is 5.55. The molecule has 0 amide bonds. The van der Waals surface area contributed by atoms with Gasteiger partial charge < -0.3 is 19.8 Å². The van der Waals surface area contributed by atoms with E-state index in [1.807, 2.05) is 0 Å².